The third-order valence-corrected chi connectivity index (χ3v) is 5.35. The lowest BCUT2D eigenvalue weighted by atomic mass is 10.2. The number of amides is 1. The smallest absolute Gasteiger partial charge is 0.271 e. The van der Waals surface area contributed by atoms with Gasteiger partial charge in [-0.15, -0.1) is 0 Å². The molecule has 3 rings (SSSR count). The molecule has 3 aromatic rings. The van der Waals surface area contributed by atoms with Gasteiger partial charge < -0.3 is 0 Å². The lowest BCUT2D eigenvalue weighted by molar-refractivity contribution is 0.0955. The van der Waals surface area contributed by atoms with Crippen molar-refractivity contribution < 1.29 is 13.2 Å². The number of benzene rings is 3. The third kappa shape index (κ3) is 5.18. The molecule has 0 unspecified atom stereocenters. The van der Waals surface area contributed by atoms with Gasteiger partial charge in [-0.05, 0) is 54.1 Å². The molecule has 0 fully saturated rings. The Labute approximate surface area is 167 Å². The number of hydrogen-bond donors (Lipinski definition) is 2. The number of halogens is 1. The van der Waals surface area contributed by atoms with E-state index in [-0.39, 0.29) is 4.90 Å². The highest BCUT2D eigenvalue weighted by Crippen LogP contribution is 2.16. The lowest BCUT2D eigenvalue weighted by Gasteiger charge is -2.08. The second-order valence-electron chi connectivity index (χ2n) is 5.75. The van der Waals surface area contributed by atoms with E-state index in [4.69, 9.17) is 11.6 Å². The zero-order chi connectivity index (χ0) is 20.0. The first-order chi connectivity index (χ1) is 13.4. The van der Waals surface area contributed by atoms with Gasteiger partial charge >= 0.3 is 0 Å². The topological polar surface area (TPSA) is 87.6 Å². The van der Waals surface area contributed by atoms with E-state index in [9.17, 15) is 13.2 Å². The van der Waals surface area contributed by atoms with Crippen LogP contribution in [0.1, 0.15) is 15.9 Å². The summed E-state index contributed by atoms with van der Waals surface area (Å²) in [5.41, 5.74) is 3.90. The van der Waals surface area contributed by atoms with E-state index >= 15 is 0 Å². The molecule has 3 aromatic carbocycles. The summed E-state index contributed by atoms with van der Waals surface area (Å²) in [5, 5.41) is 4.50. The van der Waals surface area contributed by atoms with Gasteiger partial charge in [0.2, 0.25) is 0 Å². The molecular formula is C20H16ClN3O3S. The van der Waals surface area contributed by atoms with E-state index in [1.54, 1.807) is 42.5 Å². The Balaban J connectivity index is 1.62. The minimum Gasteiger partial charge on any atom is -0.280 e. The van der Waals surface area contributed by atoms with Crippen LogP contribution in [0, 0.1) is 0 Å². The van der Waals surface area contributed by atoms with Crippen LogP contribution in [0.25, 0.3) is 0 Å². The first-order valence-corrected chi connectivity index (χ1v) is 10.1. The number of anilines is 1. The van der Waals surface area contributed by atoms with E-state index in [2.05, 4.69) is 15.2 Å². The Morgan fingerprint density at radius 1 is 0.893 bits per heavy atom. The monoisotopic (exact) mass is 413 g/mol. The highest BCUT2D eigenvalue weighted by Gasteiger charge is 2.13. The molecule has 8 heteroatoms. The molecule has 0 saturated carbocycles. The number of carbonyl (C=O) groups excluding carboxylic acids is 1. The van der Waals surface area contributed by atoms with Crippen molar-refractivity contribution in [3.63, 3.8) is 0 Å². The summed E-state index contributed by atoms with van der Waals surface area (Å²) in [6, 6.07) is 21.1. The average molecular weight is 414 g/mol. The van der Waals surface area contributed by atoms with Gasteiger partial charge in [0.15, 0.2) is 0 Å². The molecule has 0 atom stereocenters. The molecule has 0 aliphatic carbocycles. The SMILES string of the molecule is O=C(N/N=C\c1ccc(Cl)cc1)c1ccc(NS(=O)(=O)c2ccccc2)cc1. The number of nitrogens with one attached hydrogen (secondary N) is 2. The van der Waals surface area contributed by atoms with Crippen molar-refractivity contribution in [3.8, 4) is 0 Å². The number of rotatable bonds is 6. The number of nitrogens with zero attached hydrogens (tertiary/aromatic N) is 1. The molecule has 0 aliphatic heterocycles. The van der Waals surface area contributed by atoms with Gasteiger partial charge in [0.05, 0.1) is 11.1 Å². The number of carbonyl (C=O) groups is 1. The molecule has 0 heterocycles. The molecule has 6 nitrogen and oxygen atoms in total. The summed E-state index contributed by atoms with van der Waals surface area (Å²) in [6.07, 6.45) is 1.50. The van der Waals surface area contributed by atoms with Crippen LogP contribution in [-0.4, -0.2) is 20.5 Å². The summed E-state index contributed by atoms with van der Waals surface area (Å²) >= 11 is 5.81. The largest absolute Gasteiger partial charge is 0.280 e. The van der Waals surface area contributed by atoms with Gasteiger partial charge in [-0.25, -0.2) is 13.8 Å². The molecule has 142 valence electrons. The first-order valence-electron chi connectivity index (χ1n) is 8.21. The first kappa shape index (κ1) is 19.6. The molecule has 0 saturated heterocycles. The fourth-order valence-corrected chi connectivity index (χ4v) is 3.49. The van der Waals surface area contributed by atoms with Gasteiger partial charge in [-0.1, -0.05) is 41.9 Å². The van der Waals surface area contributed by atoms with Gasteiger partial charge in [0.1, 0.15) is 0 Å². The van der Waals surface area contributed by atoms with Crippen LogP contribution in [0.3, 0.4) is 0 Å². The third-order valence-electron chi connectivity index (χ3n) is 3.70. The van der Waals surface area contributed by atoms with E-state index in [1.165, 1.54) is 42.6 Å². The number of sulfonamides is 1. The fraction of sp³-hybridized carbons (Fsp3) is 0. The summed E-state index contributed by atoms with van der Waals surface area (Å²) in [6.45, 7) is 0. The summed E-state index contributed by atoms with van der Waals surface area (Å²) in [5.74, 6) is -0.414. The van der Waals surface area contributed by atoms with Crippen LogP contribution in [0.5, 0.6) is 0 Å². The van der Waals surface area contributed by atoms with Gasteiger partial charge in [-0.2, -0.15) is 5.10 Å². The number of hydrogen-bond acceptors (Lipinski definition) is 4. The number of hydrazone groups is 1. The highest BCUT2D eigenvalue weighted by atomic mass is 35.5. The second kappa shape index (κ2) is 8.69. The molecule has 1 amide bonds. The molecule has 0 aliphatic rings. The van der Waals surface area contributed by atoms with Crippen LogP contribution >= 0.6 is 11.6 Å². The predicted molar refractivity (Wildman–Crippen MR) is 110 cm³/mol. The van der Waals surface area contributed by atoms with Crippen molar-refractivity contribution >= 4 is 39.4 Å². The Kier molecular flexibility index (Phi) is 6.08. The summed E-state index contributed by atoms with van der Waals surface area (Å²) in [4.78, 5) is 12.3. The van der Waals surface area contributed by atoms with Crippen LogP contribution in [0.15, 0.2) is 88.9 Å². The standard InChI is InChI=1S/C20H16ClN3O3S/c21-17-10-6-15(7-11-17)14-22-23-20(25)16-8-12-18(13-9-16)24-28(26,27)19-4-2-1-3-5-19/h1-14,24H,(H,23,25)/b22-14-. The molecule has 0 radical (unpaired) electrons. The van der Waals surface area contributed by atoms with Gasteiger partial charge in [-0.3, -0.25) is 9.52 Å². The van der Waals surface area contributed by atoms with Gasteiger partial charge in [0, 0.05) is 16.3 Å². The minimum atomic E-state index is -3.68. The normalized spacial score (nSPS) is 11.3. The van der Waals surface area contributed by atoms with Crippen molar-refractivity contribution in [2.75, 3.05) is 4.72 Å². The molecule has 28 heavy (non-hydrogen) atoms. The summed E-state index contributed by atoms with van der Waals surface area (Å²) in [7, 11) is -3.68. The Morgan fingerprint density at radius 3 is 2.18 bits per heavy atom. The van der Waals surface area contributed by atoms with Gasteiger partial charge in [0.25, 0.3) is 15.9 Å². The molecular weight excluding hydrogens is 398 g/mol. The maximum atomic E-state index is 12.3. The van der Waals surface area contributed by atoms with E-state index in [0.29, 0.717) is 16.3 Å². The quantitative estimate of drug-likeness (QED) is 0.474. The second-order valence-corrected chi connectivity index (χ2v) is 7.87. The van der Waals surface area contributed by atoms with Crippen LogP contribution in [0.4, 0.5) is 5.69 Å². The molecule has 0 aromatic heterocycles. The maximum Gasteiger partial charge on any atom is 0.271 e. The van der Waals surface area contributed by atoms with Crippen molar-refractivity contribution in [3.05, 3.63) is 95.0 Å². The zero-order valence-corrected chi connectivity index (χ0v) is 16.1. The lowest BCUT2D eigenvalue weighted by Crippen LogP contribution is -2.18. The van der Waals surface area contributed by atoms with E-state index in [1.807, 2.05) is 0 Å². The van der Waals surface area contributed by atoms with E-state index in [0.717, 1.165) is 5.56 Å². The Hall–Kier alpha value is -3.16. The maximum absolute atomic E-state index is 12.3. The zero-order valence-electron chi connectivity index (χ0n) is 14.5. The summed E-state index contributed by atoms with van der Waals surface area (Å²) < 4.78 is 27.1. The molecule has 0 spiro atoms. The fourth-order valence-electron chi connectivity index (χ4n) is 2.28. The highest BCUT2D eigenvalue weighted by molar-refractivity contribution is 7.92. The van der Waals surface area contributed by atoms with E-state index < -0.39 is 15.9 Å². The van der Waals surface area contributed by atoms with Crippen molar-refractivity contribution in [1.82, 2.24) is 5.43 Å². The van der Waals surface area contributed by atoms with Crippen molar-refractivity contribution in [1.29, 1.82) is 0 Å². The predicted octanol–water partition coefficient (Wildman–Crippen LogP) is 3.90. The minimum absolute atomic E-state index is 0.161. The Bertz CT molecular complexity index is 1080. The van der Waals surface area contributed by atoms with Crippen LogP contribution in [0.2, 0.25) is 5.02 Å². The van der Waals surface area contributed by atoms with Crippen LogP contribution in [-0.2, 0) is 10.0 Å². The van der Waals surface area contributed by atoms with Crippen LogP contribution < -0.4 is 10.1 Å². The molecule has 0 bridgehead atoms. The Morgan fingerprint density at radius 2 is 1.54 bits per heavy atom. The molecule has 2 N–H and O–H groups in total. The van der Waals surface area contributed by atoms with Crippen molar-refractivity contribution in [2.45, 2.75) is 4.90 Å². The average Bonchev–Trinajstić information content (AvgIpc) is 2.70. The van der Waals surface area contributed by atoms with Crippen molar-refractivity contribution in [2.24, 2.45) is 5.10 Å².